The summed E-state index contributed by atoms with van der Waals surface area (Å²) >= 11 is 0. The summed E-state index contributed by atoms with van der Waals surface area (Å²) in [6.07, 6.45) is 0. The third kappa shape index (κ3) is 5.82. The average Bonchev–Trinajstić information content (AvgIpc) is 3.88. The van der Waals surface area contributed by atoms with Crippen molar-refractivity contribution < 1.29 is 0 Å². The standard InChI is InChI=1S/C57H37N5/c1-4-18-38(19-5-1)39-32-34-41(35-33-39)43-24-10-11-28-49(43)56-58-55(42-22-8-3-9-23-42)59-57(60-56)62-52-31-17-14-27-46(52)48-37-36-47-45-26-13-16-30-51(45)61(53(47)54(48)62)50-29-15-12-25-44(50)40-20-6-2-7-21-40/h1-37H. The topological polar surface area (TPSA) is 48.5 Å². The van der Waals surface area contributed by atoms with Gasteiger partial charge in [-0.3, -0.25) is 4.57 Å². The maximum Gasteiger partial charge on any atom is 0.238 e. The van der Waals surface area contributed by atoms with Crippen LogP contribution in [0.2, 0.25) is 0 Å². The van der Waals surface area contributed by atoms with E-state index >= 15 is 0 Å². The highest BCUT2D eigenvalue weighted by Gasteiger charge is 2.25. The number of fused-ring (bicyclic) bond motifs is 7. The maximum atomic E-state index is 5.48. The number of hydrogen-bond donors (Lipinski definition) is 0. The van der Waals surface area contributed by atoms with Gasteiger partial charge in [-0.2, -0.15) is 9.97 Å². The zero-order valence-electron chi connectivity index (χ0n) is 33.6. The minimum atomic E-state index is 0.551. The summed E-state index contributed by atoms with van der Waals surface area (Å²) in [6, 6.07) is 79.2. The van der Waals surface area contributed by atoms with Crippen LogP contribution in [0.3, 0.4) is 0 Å². The first-order chi connectivity index (χ1) is 30.8. The maximum absolute atomic E-state index is 5.48. The van der Waals surface area contributed by atoms with Crippen LogP contribution in [0, 0.1) is 0 Å². The van der Waals surface area contributed by atoms with E-state index < -0.39 is 0 Å². The number of benzene rings is 9. The van der Waals surface area contributed by atoms with Crippen molar-refractivity contribution in [3.63, 3.8) is 0 Å². The van der Waals surface area contributed by atoms with Gasteiger partial charge in [-0.1, -0.05) is 206 Å². The Hall–Kier alpha value is -8.41. The highest BCUT2D eigenvalue weighted by Crippen LogP contribution is 2.43. The first kappa shape index (κ1) is 35.5. The zero-order chi connectivity index (χ0) is 41.0. The first-order valence-electron chi connectivity index (χ1n) is 21.0. The van der Waals surface area contributed by atoms with Crippen molar-refractivity contribution in [3.05, 3.63) is 224 Å². The Morgan fingerprint density at radius 3 is 1.35 bits per heavy atom. The van der Waals surface area contributed by atoms with Crippen molar-refractivity contribution in [3.8, 4) is 67.8 Å². The van der Waals surface area contributed by atoms with Crippen molar-refractivity contribution in [1.29, 1.82) is 0 Å². The molecule has 5 nitrogen and oxygen atoms in total. The van der Waals surface area contributed by atoms with E-state index in [4.69, 9.17) is 15.0 Å². The van der Waals surface area contributed by atoms with E-state index in [1.54, 1.807) is 0 Å². The van der Waals surface area contributed by atoms with Gasteiger partial charge in [0.1, 0.15) is 0 Å². The van der Waals surface area contributed by atoms with E-state index in [0.717, 1.165) is 77.3 Å². The number of hydrogen-bond acceptors (Lipinski definition) is 3. The molecule has 0 saturated carbocycles. The Morgan fingerprint density at radius 2 is 0.694 bits per heavy atom. The molecule has 3 aromatic heterocycles. The zero-order valence-corrected chi connectivity index (χ0v) is 33.6. The smallest absolute Gasteiger partial charge is 0.238 e. The van der Waals surface area contributed by atoms with Crippen molar-refractivity contribution >= 4 is 43.6 Å². The van der Waals surface area contributed by atoms with E-state index in [2.05, 4.69) is 209 Å². The van der Waals surface area contributed by atoms with Crippen LogP contribution >= 0.6 is 0 Å². The molecular weight excluding hydrogens is 755 g/mol. The molecule has 0 aliphatic rings. The van der Waals surface area contributed by atoms with Crippen LogP contribution in [-0.2, 0) is 0 Å². The van der Waals surface area contributed by atoms with Crippen LogP contribution in [0.4, 0.5) is 0 Å². The fraction of sp³-hybridized carbons (Fsp3) is 0. The van der Waals surface area contributed by atoms with Gasteiger partial charge in [0.05, 0.1) is 27.8 Å². The van der Waals surface area contributed by atoms with Gasteiger partial charge in [0.2, 0.25) is 5.95 Å². The van der Waals surface area contributed by atoms with Gasteiger partial charge in [-0.15, -0.1) is 0 Å². The van der Waals surface area contributed by atoms with Crippen LogP contribution in [0.25, 0.3) is 111 Å². The highest BCUT2D eigenvalue weighted by atomic mass is 15.2. The number of nitrogens with zero attached hydrogens (tertiary/aromatic N) is 5. The summed E-state index contributed by atoms with van der Waals surface area (Å²) in [5.74, 6) is 1.76. The normalized spacial score (nSPS) is 11.5. The molecule has 0 amide bonds. The van der Waals surface area contributed by atoms with Crippen LogP contribution in [0.15, 0.2) is 224 Å². The lowest BCUT2D eigenvalue weighted by Crippen LogP contribution is -2.07. The second-order valence-corrected chi connectivity index (χ2v) is 15.6. The third-order valence-corrected chi connectivity index (χ3v) is 12.0. The summed E-state index contributed by atoms with van der Waals surface area (Å²) in [4.78, 5) is 16.1. The van der Waals surface area contributed by atoms with Crippen molar-refractivity contribution in [2.45, 2.75) is 0 Å². The molecule has 9 aromatic carbocycles. The fourth-order valence-electron chi connectivity index (χ4n) is 9.19. The Balaban J connectivity index is 1.16. The minimum absolute atomic E-state index is 0.551. The Bertz CT molecular complexity index is 3610. The summed E-state index contributed by atoms with van der Waals surface area (Å²) in [7, 11) is 0. The summed E-state index contributed by atoms with van der Waals surface area (Å²) in [5.41, 5.74) is 14.0. The molecule has 0 aliphatic carbocycles. The molecular formula is C57H37N5. The molecule has 0 spiro atoms. The molecule has 62 heavy (non-hydrogen) atoms. The Morgan fingerprint density at radius 1 is 0.258 bits per heavy atom. The summed E-state index contributed by atoms with van der Waals surface area (Å²) in [5, 5.41) is 4.58. The molecule has 0 fully saturated rings. The van der Waals surface area contributed by atoms with E-state index in [0.29, 0.717) is 17.6 Å². The predicted molar refractivity (Wildman–Crippen MR) is 256 cm³/mol. The van der Waals surface area contributed by atoms with Crippen LogP contribution in [-0.4, -0.2) is 24.1 Å². The average molecular weight is 792 g/mol. The molecule has 0 bridgehead atoms. The van der Waals surface area contributed by atoms with Crippen molar-refractivity contribution in [2.75, 3.05) is 0 Å². The predicted octanol–water partition coefficient (Wildman–Crippen LogP) is 14.4. The molecule has 3 heterocycles. The third-order valence-electron chi connectivity index (χ3n) is 12.0. The quantitative estimate of drug-likeness (QED) is 0.162. The van der Waals surface area contributed by atoms with E-state index in [1.807, 2.05) is 24.3 Å². The summed E-state index contributed by atoms with van der Waals surface area (Å²) in [6.45, 7) is 0. The van der Waals surface area contributed by atoms with Crippen LogP contribution in [0.1, 0.15) is 0 Å². The first-order valence-corrected chi connectivity index (χ1v) is 21.0. The lowest BCUT2D eigenvalue weighted by Gasteiger charge is -2.16. The van der Waals surface area contributed by atoms with Crippen LogP contribution < -0.4 is 0 Å². The number of para-hydroxylation sites is 3. The summed E-state index contributed by atoms with van der Waals surface area (Å²) < 4.78 is 4.71. The highest BCUT2D eigenvalue weighted by molar-refractivity contribution is 6.24. The van der Waals surface area contributed by atoms with Gasteiger partial charge in [-0.25, -0.2) is 4.98 Å². The molecule has 0 atom stereocenters. The Kier molecular flexibility index (Phi) is 8.42. The lowest BCUT2D eigenvalue weighted by atomic mass is 9.96. The second kappa shape index (κ2) is 14.7. The number of aromatic nitrogens is 5. The largest absolute Gasteiger partial charge is 0.307 e. The van der Waals surface area contributed by atoms with E-state index in [-0.39, 0.29) is 0 Å². The lowest BCUT2D eigenvalue weighted by molar-refractivity contribution is 0.953. The monoisotopic (exact) mass is 791 g/mol. The van der Waals surface area contributed by atoms with Crippen molar-refractivity contribution in [2.24, 2.45) is 0 Å². The van der Waals surface area contributed by atoms with Gasteiger partial charge in [0.15, 0.2) is 11.6 Å². The van der Waals surface area contributed by atoms with Gasteiger partial charge in [-0.05, 0) is 46.0 Å². The molecule has 0 N–H and O–H groups in total. The van der Waals surface area contributed by atoms with Crippen molar-refractivity contribution in [1.82, 2.24) is 24.1 Å². The molecule has 0 unspecified atom stereocenters. The molecule has 0 saturated heterocycles. The van der Waals surface area contributed by atoms with Gasteiger partial charge >= 0.3 is 0 Å². The van der Waals surface area contributed by atoms with Crippen LogP contribution in [0.5, 0.6) is 0 Å². The Labute approximate surface area is 358 Å². The van der Waals surface area contributed by atoms with Gasteiger partial charge in [0.25, 0.3) is 0 Å². The molecule has 12 rings (SSSR count). The van der Waals surface area contributed by atoms with E-state index in [1.165, 1.54) is 16.5 Å². The van der Waals surface area contributed by atoms with E-state index in [9.17, 15) is 0 Å². The molecule has 5 heteroatoms. The molecule has 12 aromatic rings. The second-order valence-electron chi connectivity index (χ2n) is 15.6. The molecule has 0 aliphatic heterocycles. The van der Waals surface area contributed by atoms with Gasteiger partial charge in [0, 0.05) is 38.2 Å². The minimum Gasteiger partial charge on any atom is -0.307 e. The SMILES string of the molecule is c1ccc(-c2ccc(-c3ccccc3-c3nc(-c4ccccc4)nc(-n4c5ccccc5c5ccc6c7ccccc7n(-c7ccccc7-c7ccccc7)c6c54)n3)cc2)cc1. The molecule has 0 radical (unpaired) electrons. The van der Waals surface area contributed by atoms with Gasteiger partial charge < -0.3 is 4.57 Å². The number of rotatable bonds is 7. The molecule has 290 valence electrons. The fourth-order valence-corrected chi connectivity index (χ4v) is 9.19.